The van der Waals surface area contributed by atoms with E-state index in [2.05, 4.69) is 25.3 Å². The molecular weight excluding hydrogens is 356 g/mol. The van der Waals surface area contributed by atoms with Gasteiger partial charge in [-0.1, -0.05) is 44.2 Å². The number of hydrogen-bond acceptors (Lipinski definition) is 6. The van der Waals surface area contributed by atoms with Crippen molar-refractivity contribution < 1.29 is 14.3 Å². The van der Waals surface area contributed by atoms with Gasteiger partial charge in [0.25, 0.3) is 0 Å². The number of nitrogens with zero attached hydrogens (tertiary/aromatic N) is 2. The van der Waals surface area contributed by atoms with Crippen LogP contribution in [0.4, 0.5) is 5.82 Å². The van der Waals surface area contributed by atoms with Crippen molar-refractivity contribution in [3.63, 3.8) is 0 Å². The molecule has 0 saturated carbocycles. The Morgan fingerprint density at radius 2 is 1.89 bits per heavy atom. The van der Waals surface area contributed by atoms with E-state index in [1.54, 1.807) is 0 Å². The fraction of sp³-hybridized carbons (Fsp3) is 0.333. The van der Waals surface area contributed by atoms with Gasteiger partial charge in [-0.25, -0.2) is 9.78 Å². The summed E-state index contributed by atoms with van der Waals surface area (Å²) in [6.07, 6.45) is 6.61. The van der Waals surface area contributed by atoms with Crippen LogP contribution in [0, 0.1) is 5.92 Å². The van der Waals surface area contributed by atoms with Crippen LogP contribution in [0.25, 0.3) is 6.08 Å². The molecule has 2 aromatic rings. The number of carbonyl (C=O) groups is 2. The van der Waals surface area contributed by atoms with Gasteiger partial charge in [0.1, 0.15) is 11.9 Å². The van der Waals surface area contributed by atoms with Crippen LogP contribution in [0.3, 0.4) is 0 Å². The third-order valence-corrected chi connectivity index (χ3v) is 4.07. The standard InChI is InChI=1S/C21H26N4O3/c1-15(2)20(21(27)22-12-11-16-7-5-4-6-8-16)25-18-14-23-17(13-24-18)9-10-19(26)28-3/h4-10,13-15,20H,11-12H2,1-3H3,(H,22,27)(H,24,25)/b10-9+/t20-/m1/s1. The normalized spacial score (nSPS) is 12.0. The molecule has 0 fully saturated rings. The fourth-order valence-corrected chi connectivity index (χ4v) is 2.50. The SMILES string of the molecule is COC(=O)/C=C/c1cnc(N[C@@H](C(=O)NCCc2ccccc2)C(C)C)cn1. The number of benzene rings is 1. The summed E-state index contributed by atoms with van der Waals surface area (Å²) in [5, 5.41) is 6.10. The molecule has 0 radical (unpaired) electrons. The summed E-state index contributed by atoms with van der Waals surface area (Å²) >= 11 is 0. The smallest absolute Gasteiger partial charge is 0.330 e. The van der Waals surface area contributed by atoms with Gasteiger partial charge >= 0.3 is 5.97 Å². The predicted octanol–water partition coefficient (Wildman–Crippen LogP) is 2.46. The van der Waals surface area contributed by atoms with Gasteiger partial charge in [-0.15, -0.1) is 0 Å². The zero-order chi connectivity index (χ0) is 20.4. The topological polar surface area (TPSA) is 93.2 Å². The van der Waals surface area contributed by atoms with E-state index < -0.39 is 12.0 Å². The lowest BCUT2D eigenvalue weighted by Gasteiger charge is -2.22. The number of rotatable bonds is 9. The van der Waals surface area contributed by atoms with E-state index in [0.29, 0.717) is 18.1 Å². The maximum Gasteiger partial charge on any atom is 0.330 e. The summed E-state index contributed by atoms with van der Waals surface area (Å²) in [7, 11) is 1.31. The molecule has 148 valence electrons. The summed E-state index contributed by atoms with van der Waals surface area (Å²) in [6, 6.07) is 9.59. The van der Waals surface area contributed by atoms with Crippen LogP contribution in [-0.4, -0.2) is 41.5 Å². The first-order chi connectivity index (χ1) is 13.5. The minimum absolute atomic E-state index is 0.0671. The Balaban J connectivity index is 1.91. The van der Waals surface area contributed by atoms with E-state index in [1.165, 1.54) is 37.2 Å². The van der Waals surface area contributed by atoms with Gasteiger partial charge in [-0.2, -0.15) is 0 Å². The highest BCUT2D eigenvalue weighted by Gasteiger charge is 2.22. The van der Waals surface area contributed by atoms with Gasteiger partial charge in [0.15, 0.2) is 0 Å². The van der Waals surface area contributed by atoms with Crippen molar-refractivity contribution in [1.29, 1.82) is 0 Å². The van der Waals surface area contributed by atoms with Gasteiger partial charge in [-0.05, 0) is 24.0 Å². The molecule has 28 heavy (non-hydrogen) atoms. The number of ether oxygens (including phenoxy) is 1. The monoisotopic (exact) mass is 382 g/mol. The van der Waals surface area contributed by atoms with Gasteiger partial charge in [0.05, 0.1) is 25.2 Å². The molecule has 0 saturated heterocycles. The van der Waals surface area contributed by atoms with Crippen LogP contribution in [0.15, 0.2) is 48.8 Å². The molecule has 2 rings (SSSR count). The van der Waals surface area contributed by atoms with Crippen LogP contribution in [-0.2, 0) is 20.7 Å². The summed E-state index contributed by atoms with van der Waals surface area (Å²) in [5.74, 6) is 0.0167. The van der Waals surface area contributed by atoms with Crippen LogP contribution in [0.2, 0.25) is 0 Å². The highest BCUT2D eigenvalue weighted by Crippen LogP contribution is 2.11. The molecular formula is C21H26N4O3. The van der Waals surface area contributed by atoms with Gasteiger partial charge in [-0.3, -0.25) is 9.78 Å². The Kier molecular flexibility index (Phi) is 8.14. The second-order valence-corrected chi connectivity index (χ2v) is 6.58. The lowest BCUT2D eigenvalue weighted by Crippen LogP contribution is -2.43. The number of amides is 1. The summed E-state index contributed by atoms with van der Waals surface area (Å²) in [4.78, 5) is 32.1. The average molecular weight is 382 g/mol. The van der Waals surface area contributed by atoms with Crippen LogP contribution in [0.5, 0.6) is 0 Å². The number of aromatic nitrogens is 2. The van der Waals surface area contributed by atoms with E-state index in [4.69, 9.17) is 0 Å². The zero-order valence-corrected chi connectivity index (χ0v) is 16.4. The minimum Gasteiger partial charge on any atom is -0.466 e. The Morgan fingerprint density at radius 3 is 2.50 bits per heavy atom. The summed E-state index contributed by atoms with van der Waals surface area (Å²) in [5.41, 5.74) is 1.70. The molecule has 0 aliphatic heterocycles. The maximum atomic E-state index is 12.6. The van der Waals surface area contributed by atoms with Crippen molar-refractivity contribution in [2.24, 2.45) is 5.92 Å². The average Bonchev–Trinajstić information content (AvgIpc) is 2.71. The van der Waals surface area contributed by atoms with Crippen LogP contribution >= 0.6 is 0 Å². The molecule has 0 spiro atoms. The summed E-state index contributed by atoms with van der Waals surface area (Å²) in [6.45, 7) is 4.50. The van der Waals surface area contributed by atoms with E-state index in [-0.39, 0.29) is 11.8 Å². The predicted molar refractivity (Wildman–Crippen MR) is 108 cm³/mol. The van der Waals surface area contributed by atoms with E-state index in [9.17, 15) is 9.59 Å². The number of anilines is 1. The highest BCUT2D eigenvalue weighted by molar-refractivity contribution is 5.86. The van der Waals surface area contributed by atoms with Crippen molar-refractivity contribution >= 4 is 23.8 Å². The second kappa shape index (κ2) is 10.8. The Labute approximate surface area is 165 Å². The fourth-order valence-electron chi connectivity index (χ4n) is 2.50. The molecule has 0 aliphatic carbocycles. The summed E-state index contributed by atoms with van der Waals surface area (Å²) < 4.78 is 4.53. The lowest BCUT2D eigenvalue weighted by atomic mass is 10.0. The molecule has 1 aromatic heterocycles. The van der Waals surface area contributed by atoms with E-state index >= 15 is 0 Å². The molecule has 0 bridgehead atoms. The first-order valence-corrected chi connectivity index (χ1v) is 9.16. The molecule has 0 aliphatic rings. The minimum atomic E-state index is -0.462. The molecule has 2 N–H and O–H groups in total. The maximum absolute atomic E-state index is 12.6. The number of carbonyl (C=O) groups excluding carboxylic acids is 2. The van der Waals surface area contributed by atoms with Crippen molar-refractivity contribution in [3.05, 3.63) is 60.1 Å². The largest absolute Gasteiger partial charge is 0.466 e. The van der Waals surface area contributed by atoms with E-state index in [0.717, 1.165) is 6.42 Å². The lowest BCUT2D eigenvalue weighted by molar-refractivity contribution is -0.134. The molecule has 7 heteroatoms. The molecule has 1 aromatic carbocycles. The van der Waals surface area contributed by atoms with E-state index in [1.807, 2.05) is 44.2 Å². The van der Waals surface area contributed by atoms with Crippen molar-refractivity contribution in [1.82, 2.24) is 15.3 Å². The number of methoxy groups -OCH3 is 1. The third kappa shape index (κ3) is 6.83. The Morgan fingerprint density at radius 1 is 1.14 bits per heavy atom. The van der Waals surface area contributed by atoms with Crippen molar-refractivity contribution in [2.45, 2.75) is 26.3 Å². The first-order valence-electron chi connectivity index (χ1n) is 9.16. The number of esters is 1. The second-order valence-electron chi connectivity index (χ2n) is 6.58. The molecule has 1 atom stereocenters. The number of nitrogens with one attached hydrogen (secondary N) is 2. The molecule has 7 nitrogen and oxygen atoms in total. The highest BCUT2D eigenvalue weighted by atomic mass is 16.5. The quantitative estimate of drug-likeness (QED) is 0.511. The number of hydrogen-bond donors (Lipinski definition) is 2. The third-order valence-electron chi connectivity index (χ3n) is 4.07. The zero-order valence-electron chi connectivity index (χ0n) is 16.4. The first kappa shape index (κ1) is 21.1. The van der Waals surface area contributed by atoms with Gasteiger partial charge in [0.2, 0.25) is 5.91 Å². The molecule has 1 amide bonds. The van der Waals surface area contributed by atoms with Crippen LogP contribution < -0.4 is 10.6 Å². The molecule has 1 heterocycles. The van der Waals surface area contributed by atoms with Crippen molar-refractivity contribution in [2.75, 3.05) is 19.0 Å². The Hall–Kier alpha value is -3.22. The molecule has 0 unspecified atom stereocenters. The van der Waals surface area contributed by atoms with Gasteiger partial charge in [0, 0.05) is 12.6 Å². The van der Waals surface area contributed by atoms with Gasteiger partial charge < -0.3 is 15.4 Å². The van der Waals surface area contributed by atoms with Crippen LogP contribution in [0.1, 0.15) is 25.1 Å². The Bertz CT molecular complexity index is 789. The van der Waals surface area contributed by atoms with Crippen molar-refractivity contribution in [3.8, 4) is 0 Å².